The van der Waals surface area contributed by atoms with Crippen molar-refractivity contribution in [2.24, 2.45) is 0 Å². The van der Waals surface area contributed by atoms with Crippen LogP contribution < -0.4 is 5.73 Å². The van der Waals surface area contributed by atoms with E-state index in [0.717, 1.165) is 5.69 Å². The molecule has 0 amide bonds. The van der Waals surface area contributed by atoms with Crippen LogP contribution in [0.15, 0.2) is 30.3 Å². The molecule has 0 atom stereocenters. The molecule has 0 unspecified atom stereocenters. The zero-order chi connectivity index (χ0) is 13.1. The normalized spacial score (nSPS) is 10.3. The molecule has 18 heavy (non-hydrogen) atoms. The van der Waals surface area contributed by atoms with Crippen molar-refractivity contribution < 1.29 is 9.53 Å². The molecule has 0 aliphatic heterocycles. The van der Waals surface area contributed by atoms with Crippen molar-refractivity contribution in [2.75, 3.05) is 12.3 Å². The van der Waals surface area contributed by atoms with Gasteiger partial charge >= 0.3 is 5.97 Å². The summed E-state index contributed by atoms with van der Waals surface area (Å²) in [6.45, 7) is 2.06. The van der Waals surface area contributed by atoms with Gasteiger partial charge in [0.2, 0.25) is 0 Å². The van der Waals surface area contributed by atoms with E-state index in [1.807, 2.05) is 52.9 Å². The lowest BCUT2D eigenvalue weighted by molar-refractivity contribution is 0.0517. The van der Waals surface area contributed by atoms with Crippen LogP contribution in [0.4, 0.5) is 5.82 Å². The van der Waals surface area contributed by atoms with Crippen molar-refractivity contribution in [1.82, 2.24) is 9.78 Å². The van der Waals surface area contributed by atoms with Gasteiger partial charge < -0.3 is 10.5 Å². The molecule has 0 radical (unpaired) electrons. The largest absolute Gasteiger partial charge is 0.461 e. The van der Waals surface area contributed by atoms with Gasteiger partial charge in [0.15, 0.2) is 5.69 Å². The molecule has 0 saturated carbocycles. The van der Waals surface area contributed by atoms with Gasteiger partial charge in [-0.1, -0.05) is 18.2 Å². The number of hydrogen-bond donors (Lipinski definition) is 1. The van der Waals surface area contributed by atoms with Gasteiger partial charge in [-0.2, -0.15) is 5.10 Å². The summed E-state index contributed by atoms with van der Waals surface area (Å²) in [6, 6.07) is 9.41. The Labute approximate surface area is 118 Å². The fourth-order valence-electron chi connectivity index (χ4n) is 1.51. The third kappa shape index (κ3) is 2.33. The quantitative estimate of drug-likeness (QED) is 0.676. The number of rotatable bonds is 3. The van der Waals surface area contributed by atoms with Crippen LogP contribution in [0, 0.1) is 3.57 Å². The Morgan fingerprint density at radius 2 is 2.11 bits per heavy atom. The summed E-state index contributed by atoms with van der Waals surface area (Å²) in [7, 11) is 0. The van der Waals surface area contributed by atoms with E-state index >= 15 is 0 Å². The molecule has 2 aromatic rings. The van der Waals surface area contributed by atoms with Crippen LogP contribution in [-0.4, -0.2) is 22.4 Å². The summed E-state index contributed by atoms with van der Waals surface area (Å²) in [6.07, 6.45) is 0. The molecule has 2 N–H and O–H groups in total. The van der Waals surface area contributed by atoms with Gasteiger partial charge in [-0.15, -0.1) is 0 Å². The first kappa shape index (κ1) is 12.9. The molecule has 0 spiro atoms. The minimum Gasteiger partial charge on any atom is -0.461 e. The Kier molecular flexibility index (Phi) is 3.85. The van der Waals surface area contributed by atoms with E-state index in [9.17, 15) is 4.79 Å². The number of ether oxygens (including phenoxy) is 1. The maximum absolute atomic E-state index is 11.7. The van der Waals surface area contributed by atoms with Gasteiger partial charge in [0.05, 0.1) is 15.9 Å². The fourth-order valence-corrected chi connectivity index (χ4v) is 2.06. The van der Waals surface area contributed by atoms with Crippen molar-refractivity contribution in [2.45, 2.75) is 6.92 Å². The third-order valence-corrected chi connectivity index (χ3v) is 3.39. The maximum Gasteiger partial charge on any atom is 0.360 e. The van der Waals surface area contributed by atoms with Crippen molar-refractivity contribution in [1.29, 1.82) is 0 Å². The second kappa shape index (κ2) is 5.38. The number of esters is 1. The van der Waals surface area contributed by atoms with E-state index in [-0.39, 0.29) is 5.69 Å². The molecule has 0 fully saturated rings. The van der Waals surface area contributed by atoms with E-state index in [4.69, 9.17) is 10.5 Å². The van der Waals surface area contributed by atoms with Gasteiger partial charge in [0, 0.05) is 0 Å². The number of nitrogens with zero attached hydrogens (tertiary/aromatic N) is 2. The zero-order valence-corrected chi connectivity index (χ0v) is 11.9. The first-order chi connectivity index (χ1) is 8.65. The Hall–Kier alpha value is -1.57. The highest BCUT2D eigenvalue weighted by Gasteiger charge is 2.21. The van der Waals surface area contributed by atoms with Crippen LogP contribution in [0.3, 0.4) is 0 Å². The minimum absolute atomic E-state index is 0.249. The lowest BCUT2D eigenvalue weighted by Crippen LogP contribution is -2.07. The van der Waals surface area contributed by atoms with Crippen molar-refractivity contribution in [3.05, 3.63) is 39.6 Å². The van der Waals surface area contributed by atoms with Crippen LogP contribution in [-0.2, 0) is 4.74 Å². The van der Waals surface area contributed by atoms with E-state index in [2.05, 4.69) is 5.10 Å². The molecule has 1 aromatic heterocycles. The highest BCUT2D eigenvalue weighted by atomic mass is 127. The predicted molar refractivity (Wildman–Crippen MR) is 76.6 cm³/mol. The van der Waals surface area contributed by atoms with E-state index in [0.29, 0.717) is 16.0 Å². The monoisotopic (exact) mass is 357 g/mol. The molecule has 2 rings (SSSR count). The SMILES string of the molecule is CCOC(=O)c1nn(-c2ccccc2)c(N)c1I. The molecule has 0 aliphatic carbocycles. The van der Waals surface area contributed by atoms with Gasteiger partial charge in [-0.05, 0) is 41.6 Å². The van der Waals surface area contributed by atoms with Crippen LogP contribution in [0.25, 0.3) is 5.69 Å². The number of carbonyl (C=O) groups is 1. The number of para-hydroxylation sites is 1. The highest BCUT2D eigenvalue weighted by molar-refractivity contribution is 14.1. The van der Waals surface area contributed by atoms with Crippen LogP contribution in [0.5, 0.6) is 0 Å². The van der Waals surface area contributed by atoms with Crippen molar-refractivity contribution in [3.63, 3.8) is 0 Å². The van der Waals surface area contributed by atoms with Crippen molar-refractivity contribution in [3.8, 4) is 5.69 Å². The first-order valence-electron chi connectivity index (χ1n) is 5.41. The summed E-state index contributed by atoms with van der Waals surface area (Å²) in [5, 5.41) is 4.21. The molecule has 1 aromatic carbocycles. The Morgan fingerprint density at radius 1 is 1.44 bits per heavy atom. The smallest absolute Gasteiger partial charge is 0.360 e. The first-order valence-corrected chi connectivity index (χ1v) is 6.49. The molecule has 94 valence electrons. The number of benzene rings is 1. The summed E-state index contributed by atoms with van der Waals surface area (Å²) in [4.78, 5) is 11.7. The molecular weight excluding hydrogens is 345 g/mol. The number of anilines is 1. The molecule has 0 bridgehead atoms. The fraction of sp³-hybridized carbons (Fsp3) is 0.167. The lowest BCUT2D eigenvalue weighted by Gasteiger charge is -2.02. The second-order valence-corrected chi connectivity index (χ2v) is 4.59. The molecule has 0 saturated heterocycles. The van der Waals surface area contributed by atoms with Crippen molar-refractivity contribution >= 4 is 34.4 Å². The van der Waals surface area contributed by atoms with Gasteiger partial charge in [0.1, 0.15) is 5.82 Å². The Morgan fingerprint density at radius 3 is 2.72 bits per heavy atom. The maximum atomic E-state index is 11.7. The van der Waals surface area contributed by atoms with Gasteiger partial charge in [-0.3, -0.25) is 0 Å². The summed E-state index contributed by atoms with van der Waals surface area (Å²) < 4.78 is 7.08. The molecule has 1 heterocycles. The molecule has 6 heteroatoms. The predicted octanol–water partition coefficient (Wildman–Crippen LogP) is 2.24. The summed E-state index contributed by atoms with van der Waals surface area (Å²) in [5.41, 5.74) is 7.01. The summed E-state index contributed by atoms with van der Waals surface area (Å²) >= 11 is 2.00. The highest BCUT2D eigenvalue weighted by Crippen LogP contribution is 2.23. The molecule has 0 aliphatic rings. The second-order valence-electron chi connectivity index (χ2n) is 3.52. The zero-order valence-electron chi connectivity index (χ0n) is 9.76. The molecular formula is C12H12IN3O2. The number of aromatic nitrogens is 2. The standard InChI is InChI=1S/C12H12IN3O2/c1-2-18-12(17)10-9(13)11(14)16(15-10)8-6-4-3-5-7-8/h3-7H,2,14H2,1H3. The number of hydrogen-bond acceptors (Lipinski definition) is 4. The lowest BCUT2D eigenvalue weighted by atomic mass is 10.3. The van der Waals surface area contributed by atoms with Gasteiger partial charge in [0.25, 0.3) is 0 Å². The Bertz CT molecular complexity index is 566. The Balaban J connectivity index is 2.46. The van der Waals surface area contributed by atoms with E-state index in [1.54, 1.807) is 6.92 Å². The minimum atomic E-state index is -0.455. The average Bonchev–Trinajstić information content (AvgIpc) is 2.68. The number of nitrogen functional groups attached to an aromatic ring is 1. The van der Waals surface area contributed by atoms with Crippen LogP contribution in [0.1, 0.15) is 17.4 Å². The van der Waals surface area contributed by atoms with Gasteiger partial charge in [-0.25, -0.2) is 9.48 Å². The van der Waals surface area contributed by atoms with Crippen LogP contribution >= 0.6 is 22.6 Å². The molecule has 5 nitrogen and oxygen atoms in total. The van der Waals surface area contributed by atoms with Crippen LogP contribution in [0.2, 0.25) is 0 Å². The number of halogens is 1. The number of nitrogens with two attached hydrogens (primary N) is 1. The summed E-state index contributed by atoms with van der Waals surface area (Å²) in [5.74, 6) is -0.0202. The average molecular weight is 357 g/mol. The number of carbonyl (C=O) groups excluding carboxylic acids is 1. The van der Waals surface area contributed by atoms with E-state index in [1.165, 1.54) is 4.68 Å². The topological polar surface area (TPSA) is 70.1 Å². The third-order valence-electron chi connectivity index (χ3n) is 2.33. The van der Waals surface area contributed by atoms with E-state index < -0.39 is 5.97 Å².